The number of para-hydroxylation sites is 1. The molecule has 1 fully saturated rings. The quantitative estimate of drug-likeness (QED) is 0.880. The number of pyridine rings is 1. The van der Waals surface area contributed by atoms with Crippen LogP contribution in [0.25, 0.3) is 0 Å². The van der Waals surface area contributed by atoms with Crippen molar-refractivity contribution in [2.75, 3.05) is 18.4 Å². The number of alkyl halides is 3. The van der Waals surface area contributed by atoms with Crippen LogP contribution in [0.5, 0.6) is 0 Å². The largest absolute Gasteiger partial charge is 0.418 e. The highest BCUT2D eigenvalue weighted by molar-refractivity contribution is 6.04. The normalized spacial score (nSPS) is 14.7. The lowest BCUT2D eigenvalue weighted by molar-refractivity contribution is -0.136. The Morgan fingerprint density at radius 1 is 0.926 bits per heavy atom. The molecule has 0 unspecified atom stereocenters. The molecule has 0 radical (unpaired) electrons. The molecule has 1 aliphatic rings. The minimum atomic E-state index is -4.59. The van der Waals surface area contributed by atoms with Crippen molar-refractivity contribution in [3.05, 3.63) is 59.4 Å². The van der Waals surface area contributed by atoms with E-state index in [0.717, 1.165) is 25.3 Å². The summed E-state index contributed by atoms with van der Waals surface area (Å²) >= 11 is 0. The van der Waals surface area contributed by atoms with E-state index >= 15 is 0 Å². The zero-order valence-electron chi connectivity index (χ0n) is 14.4. The molecule has 2 heterocycles. The number of rotatable bonds is 3. The van der Waals surface area contributed by atoms with Crippen molar-refractivity contribution < 1.29 is 22.8 Å². The number of nitrogens with zero attached hydrogens (tertiary/aromatic N) is 2. The van der Waals surface area contributed by atoms with Crippen LogP contribution in [0, 0.1) is 0 Å². The molecule has 1 aliphatic heterocycles. The van der Waals surface area contributed by atoms with E-state index in [1.165, 1.54) is 36.4 Å². The van der Waals surface area contributed by atoms with Gasteiger partial charge in [-0.2, -0.15) is 13.2 Å². The average molecular weight is 377 g/mol. The first-order valence-electron chi connectivity index (χ1n) is 8.60. The molecule has 1 N–H and O–H groups in total. The Bertz CT molecular complexity index is 846. The minimum absolute atomic E-state index is 0.105. The van der Waals surface area contributed by atoms with E-state index in [1.54, 1.807) is 4.90 Å². The maximum atomic E-state index is 13.1. The van der Waals surface area contributed by atoms with Crippen molar-refractivity contribution in [3.63, 3.8) is 0 Å². The SMILES string of the molecule is O=C(Nc1ccccc1C(F)(F)F)c1cccc(C(=O)N2CCCCC2)n1. The lowest BCUT2D eigenvalue weighted by Gasteiger charge is -2.26. The van der Waals surface area contributed by atoms with Crippen molar-refractivity contribution in [2.24, 2.45) is 0 Å². The Hall–Kier alpha value is -2.90. The zero-order valence-corrected chi connectivity index (χ0v) is 14.4. The molecule has 1 aromatic heterocycles. The molecule has 5 nitrogen and oxygen atoms in total. The topological polar surface area (TPSA) is 62.3 Å². The number of nitrogens with one attached hydrogen (secondary N) is 1. The summed E-state index contributed by atoms with van der Waals surface area (Å²) < 4.78 is 39.2. The predicted octanol–water partition coefficient (Wildman–Crippen LogP) is 3.98. The molecule has 0 spiro atoms. The van der Waals surface area contributed by atoms with Gasteiger partial charge in [-0.3, -0.25) is 9.59 Å². The highest BCUT2D eigenvalue weighted by Crippen LogP contribution is 2.34. The third kappa shape index (κ3) is 4.45. The Labute approximate surface area is 154 Å². The van der Waals surface area contributed by atoms with E-state index in [9.17, 15) is 22.8 Å². The number of aromatic nitrogens is 1. The second-order valence-electron chi connectivity index (χ2n) is 6.26. The Kier molecular flexibility index (Phi) is 5.43. The van der Waals surface area contributed by atoms with Crippen LogP contribution in [0.2, 0.25) is 0 Å². The Morgan fingerprint density at radius 3 is 2.30 bits per heavy atom. The summed E-state index contributed by atoms with van der Waals surface area (Å²) in [6.45, 7) is 1.27. The van der Waals surface area contributed by atoms with Crippen LogP contribution in [-0.4, -0.2) is 34.8 Å². The molecule has 0 bridgehead atoms. The van der Waals surface area contributed by atoms with Gasteiger partial charge in [-0.1, -0.05) is 18.2 Å². The summed E-state index contributed by atoms with van der Waals surface area (Å²) in [6.07, 6.45) is -1.69. The molecule has 8 heteroatoms. The molecule has 2 amide bonds. The first-order chi connectivity index (χ1) is 12.9. The van der Waals surface area contributed by atoms with Crippen LogP contribution in [-0.2, 0) is 6.18 Å². The van der Waals surface area contributed by atoms with Gasteiger partial charge in [-0.25, -0.2) is 4.98 Å². The van der Waals surface area contributed by atoms with Gasteiger partial charge in [0.15, 0.2) is 0 Å². The third-order valence-electron chi connectivity index (χ3n) is 4.32. The lowest BCUT2D eigenvalue weighted by Crippen LogP contribution is -2.36. The molecule has 0 aliphatic carbocycles. The van der Waals surface area contributed by atoms with E-state index in [-0.39, 0.29) is 23.0 Å². The first-order valence-corrected chi connectivity index (χ1v) is 8.60. The Morgan fingerprint density at radius 2 is 1.59 bits per heavy atom. The highest BCUT2D eigenvalue weighted by atomic mass is 19.4. The van der Waals surface area contributed by atoms with Gasteiger partial charge in [0.25, 0.3) is 11.8 Å². The van der Waals surface area contributed by atoms with E-state index in [2.05, 4.69) is 10.3 Å². The number of likely N-dealkylation sites (tertiary alicyclic amines) is 1. The number of benzene rings is 1. The number of amides is 2. The fourth-order valence-electron chi connectivity index (χ4n) is 2.96. The van der Waals surface area contributed by atoms with Crippen LogP contribution in [0.4, 0.5) is 18.9 Å². The summed E-state index contributed by atoms with van der Waals surface area (Å²) in [4.78, 5) is 30.6. The predicted molar refractivity (Wildman–Crippen MR) is 93.4 cm³/mol. The smallest absolute Gasteiger partial charge is 0.337 e. The fraction of sp³-hybridized carbons (Fsp3) is 0.316. The van der Waals surface area contributed by atoms with Gasteiger partial charge in [-0.15, -0.1) is 0 Å². The van der Waals surface area contributed by atoms with Crippen molar-refractivity contribution in [3.8, 4) is 0 Å². The standard InChI is InChI=1S/C19H18F3N3O2/c20-19(21,22)13-7-2-3-8-14(13)24-17(26)15-9-6-10-16(23-15)18(27)25-11-4-1-5-12-25/h2-3,6-10H,1,4-5,11-12H2,(H,24,26). The lowest BCUT2D eigenvalue weighted by atomic mass is 10.1. The molecular weight excluding hydrogens is 359 g/mol. The molecular formula is C19H18F3N3O2. The average Bonchev–Trinajstić information content (AvgIpc) is 2.68. The summed E-state index contributed by atoms with van der Waals surface area (Å²) in [7, 11) is 0. The molecule has 0 saturated carbocycles. The third-order valence-corrected chi connectivity index (χ3v) is 4.32. The molecule has 27 heavy (non-hydrogen) atoms. The Balaban J connectivity index is 1.79. The highest BCUT2D eigenvalue weighted by Gasteiger charge is 2.33. The van der Waals surface area contributed by atoms with Crippen molar-refractivity contribution >= 4 is 17.5 Å². The van der Waals surface area contributed by atoms with Gasteiger partial charge < -0.3 is 10.2 Å². The number of halogens is 3. The van der Waals surface area contributed by atoms with E-state index in [4.69, 9.17) is 0 Å². The fourth-order valence-corrected chi connectivity index (χ4v) is 2.96. The summed E-state index contributed by atoms with van der Waals surface area (Å²) in [5.41, 5.74) is -1.31. The van der Waals surface area contributed by atoms with Crippen LogP contribution in [0.15, 0.2) is 42.5 Å². The van der Waals surface area contributed by atoms with Gasteiger partial charge in [0.1, 0.15) is 11.4 Å². The van der Waals surface area contributed by atoms with E-state index in [1.807, 2.05) is 0 Å². The molecule has 2 aromatic rings. The maximum Gasteiger partial charge on any atom is 0.418 e. The second-order valence-corrected chi connectivity index (χ2v) is 6.26. The van der Waals surface area contributed by atoms with E-state index < -0.39 is 17.6 Å². The van der Waals surface area contributed by atoms with Gasteiger partial charge >= 0.3 is 6.18 Å². The van der Waals surface area contributed by atoms with Gasteiger partial charge in [-0.05, 0) is 43.5 Å². The number of hydrogen-bond donors (Lipinski definition) is 1. The minimum Gasteiger partial charge on any atom is -0.337 e. The van der Waals surface area contributed by atoms with Gasteiger partial charge in [0.05, 0.1) is 11.3 Å². The maximum absolute atomic E-state index is 13.1. The number of carbonyl (C=O) groups is 2. The molecule has 1 saturated heterocycles. The number of hydrogen-bond acceptors (Lipinski definition) is 3. The summed E-state index contributed by atoms with van der Waals surface area (Å²) in [5, 5.41) is 2.23. The van der Waals surface area contributed by atoms with E-state index in [0.29, 0.717) is 13.1 Å². The van der Waals surface area contributed by atoms with Crippen molar-refractivity contribution in [2.45, 2.75) is 25.4 Å². The summed E-state index contributed by atoms with van der Waals surface area (Å²) in [6, 6.07) is 9.05. The van der Waals surface area contributed by atoms with Crippen LogP contribution in [0.1, 0.15) is 45.8 Å². The van der Waals surface area contributed by atoms with Crippen LogP contribution < -0.4 is 5.32 Å². The van der Waals surface area contributed by atoms with Crippen LogP contribution in [0.3, 0.4) is 0 Å². The molecule has 3 rings (SSSR count). The molecule has 142 valence electrons. The number of piperidine rings is 1. The molecule has 0 atom stereocenters. The zero-order chi connectivity index (χ0) is 19.4. The van der Waals surface area contributed by atoms with Gasteiger partial charge in [0, 0.05) is 13.1 Å². The van der Waals surface area contributed by atoms with Crippen molar-refractivity contribution in [1.29, 1.82) is 0 Å². The monoisotopic (exact) mass is 377 g/mol. The van der Waals surface area contributed by atoms with Crippen LogP contribution >= 0.6 is 0 Å². The first kappa shape index (κ1) is 18.9. The van der Waals surface area contributed by atoms with Crippen molar-refractivity contribution in [1.82, 2.24) is 9.88 Å². The number of carbonyl (C=O) groups excluding carboxylic acids is 2. The second kappa shape index (κ2) is 7.77. The van der Waals surface area contributed by atoms with Gasteiger partial charge in [0.2, 0.25) is 0 Å². The molecule has 1 aromatic carbocycles. The summed E-state index contributed by atoms with van der Waals surface area (Å²) in [5.74, 6) is -1.08. The number of anilines is 1.